The average Bonchev–Trinajstić information content (AvgIpc) is 2.37. The maximum Gasteiger partial charge on any atom is 0.417 e. The average molecular weight is 309 g/mol. The molecule has 0 unspecified atom stereocenters. The molecule has 1 aliphatic rings. The van der Waals surface area contributed by atoms with Crippen LogP contribution in [-0.2, 0) is 0 Å². The van der Waals surface area contributed by atoms with Crippen molar-refractivity contribution in [1.29, 1.82) is 0 Å². The van der Waals surface area contributed by atoms with Gasteiger partial charge in [-0.2, -0.15) is 13.2 Å². The van der Waals surface area contributed by atoms with Gasteiger partial charge in [-0.15, -0.1) is 0 Å². The van der Waals surface area contributed by atoms with E-state index in [1.807, 2.05) is 0 Å². The second-order valence-electron chi connectivity index (χ2n) is 4.95. The minimum Gasteiger partial charge on any atom is -0.380 e. The molecule has 116 valence electrons. The predicted molar refractivity (Wildman–Crippen MR) is 62.5 cm³/mol. The van der Waals surface area contributed by atoms with Gasteiger partial charge < -0.3 is 10.0 Å². The van der Waals surface area contributed by atoms with Crippen molar-refractivity contribution in [3.8, 4) is 0 Å². The van der Waals surface area contributed by atoms with Crippen molar-refractivity contribution in [2.24, 2.45) is 0 Å². The summed E-state index contributed by atoms with van der Waals surface area (Å²) in [6.45, 7) is -0.711. The fraction of sp³-hybridized carbons (Fsp3) is 0.462. The van der Waals surface area contributed by atoms with Crippen molar-refractivity contribution in [3.05, 3.63) is 35.4 Å². The molecule has 1 amide bonds. The standard InChI is InChI=1S/C13H12F5NO2/c14-8-1-2-9(10(15)7-8)11(20)19-5-3-12(21,4-6-19)13(16,17)18/h1-2,7,21H,3-6H2. The summed E-state index contributed by atoms with van der Waals surface area (Å²) >= 11 is 0. The molecule has 1 aliphatic heterocycles. The Morgan fingerprint density at radius 3 is 2.24 bits per heavy atom. The number of amides is 1. The summed E-state index contributed by atoms with van der Waals surface area (Å²) in [5.74, 6) is -2.75. The number of halogens is 5. The Hall–Kier alpha value is -1.70. The van der Waals surface area contributed by atoms with Crippen LogP contribution in [0.4, 0.5) is 22.0 Å². The Morgan fingerprint density at radius 2 is 1.76 bits per heavy atom. The number of aliphatic hydroxyl groups is 1. The van der Waals surface area contributed by atoms with Crippen molar-refractivity contribution in [2.45, 2.75) is 24.6 Å². The first kappa shape index (κ1) is 15.7. The van der Waals surface area contributed by atoms with E-state index in [0.717, 1.165) is 17.0 Å². The van der Waals surface area contributed by atoms with Gasteiger partial charge in [0.2, 0.25) is 0 Å². The monoisotopic (exact) mass is 309 g/mol. The van der Waals surface area contributed by atoms with Gasteiger partial charge in [0.05, 0.1) is 5.56 Å². The van der Waals surface area contributed by atoms with E-state index in [-0.39, 0.29) is 13.1 Å². The molecule has 0 bridgehead atoms. The number of carbonyl (C=O) groups is 1. The highest BCUT2D eigenvalue weighted by Crippen LogP contribution is 2.38. The van der Waals surface area contributed by atoms with Crippen LogP contribution in [0.2, 0.25) is 0 Å². The van der Waals surface area contributed by atoms with Crippen LogP contribution in [0.15, 0.2) is 18.2 Å². The largest absolute Gasteiger partial charge is 0.417 e. The van der Waals surface area contributed by atoms with Crippen molar-refractivity contribution >= 4 is 5.91 Å². The molecule has 1 saturated heterocycles. The lowest BCUT2D eigenvalue weighted by Gasteiger charge is -2.39. The van der Waals surface area contributed by atoms with Crippen molar-refractivity contribution < 1.29 is 31.9 Å². The lowest BCUT2D eigenvalue weighted by molar-refractivity contribution is -0.271. The molecule has 21 heavy (non-hydrogen) atoms. The van der Waals surface area contributed by atoms with E-state index in [9.17, 15) is 31.9 Å². The minimum absolute atomic E-state index is 0.355. The summed E-state index contributed by atoms with van der Waals surface area (Å²) in [5, 5.41) is 9.48. The zero-order valence-electron chi connectivity index (χ0n) is 10.8. The van der Waals surface area contributed by atoms with Crippen molar-refractivity contribution in [3.63, 3.8) is 0 Å². The molecule has 0 atom stereocenters. The molecule has 0 saturated carbocycles. The fourth-order valence-corrected chi connectivity index (χ4v) is 2.20. The number of nitrogens with zero attached hydrogens (tertiary/aromatic N) is 1. The highest BCUT2D eigenvalue weighted by Gasteiger charge is 2.54. The van der Waals surface area contributed by atoms with Crippen LogP contribution < -0.4 is 0 Å². The van der Waals surface area contributed by atoms with E-state index in [1.54, 1.807) is 0 Å². The number of rotatable bonds is 1. The van der Waals surface area contributed by atoms with E-state index in [1.165, 1.54) is 0 Å². The van der Waals surface area contributed by atoms with Crippen LogP contribution in [0.5, 0.6) is 0 Å². The molecule has 0 radical (unpaired) electrons. The summed E-state index contributed by atoms with van der Waals surface area (Å²) in [4.78, 5) is 13.0. The number of hydrogen-bond acceptors (Lipinski definition) is 2. The highest BCUT2D eigenvalue weighted by molar-refractivity contribution is 5.94. The second kappa shape index (κ2) is 5.25. The van der Waals surface area contributed by atoms with Gasteiger partial charge in [-0.05, 0) is 12.1 Å². The normalized spacial score (nSPS) is 18.7. The van der Waals surface area contributed by atoms with Gasteiger partial charge in [0.25, 0.3) is 5.91 Å². The topological polar surface area (TPSA) is 40.5 Å². The molecule has 0 aliphatic carbocycles. The zero-order valence-corrected chi connectivity index (χ0v) is 10.8. The van der Waals surface area contributed by atoms with Crippen molar-refractivity contribution in [1.82, 2.24) is 4.90 Å². The smallest absolute Gasteiger partial charge is 0.380 e. The molecule has 1 fully saturated rings. The summed E-state index contributed by atoms with van der Waals surface area (Å²) in [6, 6.07) is 2.37. The first-order chi connectivity index (χ1) is 9.64. The maximum absolute atomic E-state index is 13.5. The summed E-state index contributed by atoms with van der Waals surface area (Å²) < 4.78 is 64.1. The predicted octanol–water partition coefficient (Wildman–Crippen LogP) is 2.49. The van der Waals surface area contributed by atoms with Gasteiger partial charge in [-0.1, -0.05) is 0 Å². The Labute approximate surface area is 117 Å². The van der Waals surface area contributed by atoms with E-state index in [4.69, 9.17) is 0 Å². The zero-order chi connectivity index (χ0) is 15.8. The summed E-state index contributed by atoms with van der Waals surface area (Å²) in [5.41, 5.74) is -3.24. The first-order valence-electron chi connectivity index (χ1n) is 6.17. The molecule has 3 nitrogen and oxygen atoms in total. The fourth-order valence-electron chi connectivity index (χ4n) is 2.20. The number of piperidine rings is 1. The third-order valence-electron chi connectivity index (χ3n) is 3.57. The van der Waals surface area contributed by atoms with E-state index >= 15 is 0 Å². The number of likely N-dealkylation sites (tertiary alicyclic amines) is 1. The Kier molecular flexibility index (Phi) is 3.92. The van der Waals surface area contributed by atoms with Gasteiger partial charge in [0.1, 0.15) is 11.6 Å². The van der Waals surface area contributed by atoms with Crippen molar-refractivity contribution in [2.75, 3.05) is 13.1 Å². The molecular formula is C13H12F5NO2. The van der Waals surface area contributed by atoms with Gasteiger partial charge in [-0.25, -0.2) is 8.78 Å². The van der Waals surface area contributed by atoms with Crippen LogP contribution in [0, 0.1) is 11.6 Å². The molecule has 1 heterocycles. The number of alkyl halides is 3. The van der Waals surface area contributed by atoms with E-state index in [0.29, 0.717) is 6.07 Å². The van der Waals surface area contributed by atoms with E-state index < -0.39 is 47.7 Å². The Bertz CT molecular complexity index is 550. The molecule has 1 aromatic rings. The Morgan fingerprint density at radius 1 is 1.19 bits per heavy atom. The SMILES string of the molecule is O=C(c1ccc(F)cc1F)N1CCC(O)(C(F)(F)F)CC1. The molecule has 1 aromatic carbocycles. The number of carbonyl (C=O) groups excluding carboxylic acids is 1. The van der Waals surface area contributed by atoms with Crippen LogP contribution in [0.25, 0.3) is 0 Å². The van der Waals surface area contributed by atoms with Gasteiger partial charge in [0.15, 0.2) is 5.60 Å². The quantitative estimate of drug-likeness (QED) is 0.810. The third kappa shape index (κ3) is 2.99. The Balaban J connectivity index is 2.10. The highest BCUT2D eigenvalue weighted by atomic mass is 19.4. The van der Waals surface area contributed by atoms with E-state index in [2.05, 4.69) is 0 Å². The van der Waals surface area contributed by atoms with Crippen LogP contribution in [0.1, 0.15) is 23.2 Å². The van der Waals surface area contributed by atoms with Gasteiger partial charge in [0, 0.05) is 32.0 Å². The summed E-state index contributed by atoms with van der Waals surface area (Å²) in [7, 11) is 0. The maximum atomic E-state index is 13.5. The van der Waals surface area contributed by atoms with Crippen LogP contribution in [-0.4, -0.2) is 40.8 Å². The van der Waals surface area contributed by atoms with Crippen LogP contribution >= 0.6 is 0 Å². The minimum atomic E-state index is -4.77. The molecule has 0 spiro atoms. The number of benzene rings is 1. The lowest BCUT2D eigenvalue weighted by atomic mass is 9.90. The molecule has 1 N–H and O–H groups in total. The molecule has 8 heteroatoms. The summed E-state index contributed by atoms with van der Waals surface area (Å²) in [6.07, 6.45) is -6.13. The number of hydrogen-bond donors (Lipinski definition) is 1. The third-order valence-corrected chi connectivity index (χ3v) is 3.57. The van der Waals surface area contributed by atoms with Gasteiger partial charge >= 0.3 is 6.18 Å². The molecule has 2 rings (SSSR count). The second-order valence-corrected chi connectivity index (χ2v) is 4.95. The molecular weight excluding hydrogens is 297 g/mol. The first-order valence-corrected chi connectivity index (χ1v) is 6.17. The lowest BCUT2D eigenvalue weighted by Crippen LogP contribution is -2.54. The van der Waals surface area contributed by atoms with Crippen LogP contribution in [0.3, 0.4) is 0 Å². The molecule has 0 aromatic heterocycles. The van der Waals surface area contributed by atoms with Gasteiger partial charge in [-0.3, -0.25) is 4.79 Å².